The molecule has 2 aromatic rings. The zero-order valence-electron chi connectivity index (χ0n) is 11.9. The quantitative estimate of drug-likeness (QED) is 0.830. The molecule has 2 heterocycles. The Hall–Kier alpha value is -2.21. The highest BCUT2D eigenvalue weighted by molar-refractivity contribution is 7.98. The van der Waals surface area contributed by atoms with Crippen LogP contribution in [0.5, 0.6) is 0 Å². The predicted octanol–water partition coefficient (Wildman–Crippen LogP) is 2.19. The van der Waals surface area contributed by atoms with E-state index in [1.807, 2.05) is 30.3 Å². The van der Waals surface area contributed by atoms with Crippen molar-refractivity contribution in [3.05, 3.63) is 54.0 Å². The van der Waals surface area contributed by atoms with Gasteiger partial charge in [-0.2, -0.15) is 0 Å². The highest BCUT2D eigenvalue weighted by Crippen LogP contribution is 2.23. The minimum absolute atomic E-state index is 0.139. The molecule has 1 atom stereocenters. The zero-order chi connectivity index (χ0) is 15.4. The number of amides is 2. The average Bonchev–Trinajstić information content (AvgIpc) is 3.16. The van der Waals surface area contributed by atoms with Crippen LogP contribution in [0.1, 0.15) is 22.7 Å². The summed E-state index contributed by atoms with van der Waals surface area (Å²) in [5, 5.41) is 5.36. The molecule has 1 fully saturated rings. The number of furan rings is 1. The fraction of sp³-hybridized carbons (Fsp3) is 0.250. The van der Waals surface area contributed by atoms with Gasteiger partial charge in [-0.3, -0.25) is 9.59 Å². The van der Waals surface area contributed by atoms with Gasteiger partial charge in [-0.05, 0) is 30.7 Å². The first-order chi connectivity index (χ1) is 10.7. The second-order valence-corrected chi connectivity index (χ2v) is 6.02. The van der Waals surface area contributed by atoms with Crippen LogP contribution in [0.2, 0.25) is 0 Å². The van der Waals surface area contributed by atoms with Crippen LogP contribution in [0.15, 0.2) is 51.8 Å². The number of rotatable bonds is 5. The Morgan fingerprint density at radius 1 is 1.27 bits per heavy atom. The van der Waals surface area contributed by atoms with Crippen molar-refractivity contribution in [2.75, 3.05) is 6.54 Å². The van der Waals surface area contributed by atoms with E-state index in [0.29, 0.717) is 18.7 Å². The highest BCUT2D eigenvalue weighted by atomic mass is 32.2. The maximum Gasteiger partial charge on any atom is 0.287 e. The second-order valence-electron chi connectivity index (χ2n) is 4.97. The molecule has 0 spiro atoms. The number of carbonyl (C=O) groups excluding carboxylic acids is 2. The van der Waals surface area contributed by atoms with Crippen molar-refractivity contribution in [1.29, 1.82) is 0 Å². The molecule has 0 aliphatic carbocycles. The lowest BCUT2D eigenvalue weighted by atomic mass is 10.2. The van der Waals surface area contributed by atoms with Crippen molar-refractivity contribution in [2.45, 2.75) is 23.1 Å². The molecule has 0 bridgehead atoms. The molecule has 1 aromatic heterocycles. The first-order valence-corrected chi connectivity index (χ1v) is 8.06. The summed E-state index contributed by atoms with van der Waals surface area (Å²) in [6.45, 7) is 0.598. The molecule has 0 saturated carbocycles. The van der Waals surface area contributed by atoms with Gasteiger partial charge >= 0.3 is 0 Å². The van der Waals surface area contributed by atoms with Crippen molar-refractivity contribution in [1.82, 2.24) is 10.6 Å². The van der Waals surface area contributed by atoms with Crippen molar-refractivity contribution < 1.29 is 14.0 Å². The lowest BCUT2D eigenvalue weighted by Crippen LogP contribution is -2.39. The maximum absolute atomic E-state index is 12.0. The SMILES string of the molecule is O=C(NC1CCNC1=O)c1ccc(CSc2ccccc2)o1. The molecule has 5 nitrogen and oxygen atoms in total. The van der Waals surface area contributed by atoms with Gasteiger partial charge in [-0.1, -0.05) is 18.2 Å². The van der Waals surface area contributed by atoms with E-state index in [1.165, 1.54) is 0 Å². The third kappa shape index (κ3) is 3.51. The van der Waals surface area contributed by atoms with E-state index in [-0.39, 0.29) is 17.6 Å². The summed E-state index contributed by atoms with van der Waals surface area (Å²) in [5.41, 5.74) is 0. The summed E-state index contributed by atoms with van der Waals surface area (Å²) in [6, 6.07) is 13.0. The fourth-order valence-electron chi connectivity index (χ4n) is 2.21. The molecule has 1 aromatic carbocycles. The van der Waals surface area contributed by atoms with Crippen LogP contribution in [-0.2, 0) is 10.5 Å². The van der Waals surface area contributed by atoms with Crippen LogP contribution in [0, 0.1) is 0 Å². The van der Waals surface area contributed by atoms with Gasteiger partial charge in [0.15, 0.2) is 5.76 Å². The van der Waals surface area contributed by atoms with Gasteiger partial charge in [0.25, 0.3) is 5.91 Å². The van der Waals surface area contributed by atoms with Gasteiger partial charge in [-0.15, -0.1) is 11.8 Å². The highest BCUT2D eigenvalue weighted by Gasteiger charge is 2.26. The number of nitrogens with one attached hydrogen (secondary N) is 2. The molecule has 1 aliphatic heterocycles. The van der Waals surface area contributed by atoms with Gasteiger partial charge < -0.3 is 15.1 Å². The van der Waals surface area contributed by atoms with Gasteiger partial charge in [0.1, 0.15) is 11.8 Å². The number of thioether (sulfide) groups is 1. The predicted molar refractivity (Wildman–Crippen MR) is 83.6 cm³/mol. The van der Waals surface area contributed by atoms with Crippen molar-refractivity contribution in [2.24, 2.45) is 0 Å². The summed E-state index contributed by atoms with van der Waals surface area (Å²) in [5.74, 6) is 1.14. The van der Waals surface area contributed by atoms with Crippen LogP contribution >= 0.6 is 11.8 Å². The van der Waals surface area contributed by atoms with Gasteiger partial charge in [0, 0.05) is 11.4 Å². The molecule has 1 aliphatic rings. The summed E-state index contributed by atoms with van der Waals surface area (Å²) in [7, 11) is 0. The number of hydrogen-bond donors (Lipinski definition) is 2. The summed E-state index contributed by atoms with van der Waals surface area (Å²) in [4.78, 5) is 24.6. The minimum Gasteiger partial charge on any atom is -0.455 e. The van der Waals surface area contributed by atoms with Crippen LogP contribution in [0.25, 0.3) is 0 Å². The normalized spacial score (nSPS) is 17.3. The van der Waals surface area contributed by atoms with Crippen LogP contribution in [0.4, 0.5) is 0 Å². The Morgan fingerprint density at radius 2 is 2.09 bits per heavy atom. The number of carbonyl (C=O) groups is 2. The lowest BCUT2D eigenvalue weighted by molar-refractivity contribution is -0.120. The molecule has 1 unspecified atom stereocenters. The minimum atomic E-state index is -0.459. The first-order valence-electron chi connectivity index (χ1n) is 7.07. The largest absolute Gasteiger partial charge is 0.455 e. The third-order valence-corrected chi connectivity index (χ3v) is 4.40. The second kappa shape index (κ2) is 6.70. The summed E-state index contributed by atoms with van der Waals surface area (Å²) >= 11 is 1.64. The Balaban J connectivity index is 1.56. The summed E-state index contributed by atoms with van der Waals surface area (Å²) in [6.07, 6.45) is 0.613. The zero-order valence-corrected chi connectivity index (χ0v) is 12.7. The average molecular weight is 316 g/mol. The van der Waals surface area contributed by atoms with E-state index < -0.39 is 6.04 Å². The first kappa shape index (κ1) is 14.7. The van der Waals surface area contributed by atoms with E-state index in [1.54, 1.807) is 23.9 Å². The van der Waals surface area contributed by atoms with E-state index in [2.05, 4.69) is 10.6 Å². The molecule has 22 heavy (non-hydrogen) atoms. The Kier molecular flexibility index (Phi) is 4.48. The van der Waals surface area contributed by atoms with Crippen molar-refractivity contribution in [3.63, 3.8) is 0 Å². The molecule has 1 saturated heterocycles. The smallest absolute Gasteiger partial charge is 0.287 e. The van der Waals surface area contributed by atoms with Crippen molar-refractivity contribution >= 4 is 23.6 Å². The molecule has 114 valence electrons. The Bertz CT molecular complexity index is 669. The van der Waals surface area contributed by atoms with Gasteiger partial charge in [0.2, 0.25) is 5.91 Å². The fourth-order valence-corrected chi connectivity index (χ4v) is 3.02. The maximum atomic E-state index is 12.0. The molecule has 2 N–H and O–H groups in total. The molecule has 3 rings (SSSR count). The van der Waals surface area contributed by atoms with E-state index in [4.69, 9.17) is 4.42 Å². The Labute approximate surface area is 132 Å². The van der Waals surface area contributed by atoms with Crippen LogP contribution in [0.3, 0.4) is 0 Å². The van der Waals surface area contributed by atoms with E-state index in [0.717, 1.165) is 10.7 Å². The molecule has 0 radical (unpaired) electrons. The molecule has 2 amide bonds. The van der Waals surface area contributed by atoms with E-state index >= 15 is 0 Å². The van der Waals surface area contributed by atoms with E-state index in [9.17, 15) is 9.59 Å². The molecular formula is C16H16N2O3S. The topological polar surface area (TPSA) is 71.3 Å². The van der Waals surface area contributed by atoms with Gasteiger partial charge in [0.05, 0.1) is 5.75 Å². The Morgan fingerprint density at radius 3 is 2.82 bits per heavy atom. The standard InChI is InChI=1S/C16H16N2O3S/c19-15-13(8-9-17-15)18-16(20)14-7-6-11(21-14)10-22-12-4-2-1-3-5-12/h1-7,13H,8-10H2,(H,17,19)(H,18,20). The molecular weight excluding hydrogens is 300 g/mol. The van der Waals surface area contributed by atoms with Crippen LogP contribution < -0.4 is 10.6 Å². The lowest BCUT2D eigenvalue weighted by Gasteiger charge is -2.07. The number of hydrogen-bond acceptors (Lipinski definition) is 4. The summed E-state index contributed by atoms with van der Waals surface area (Å²) < 4.78 is 5.55. The van der Waals surface area contributed by atoms with Crippen LogP contribution in [-0.4, -0.2) is 24.4 Å². The molecule has 6 heteroatoms. The van der Waals surface area contributed by atoms with Crippen molar-refractivity contribution in [3.8, 4) is 0 Å². The monoisotopic (exact) mass is 316 g/mol. The van der Waals surface area contributed by atoms with Gasteiger partial charge in [-0.25, -0.2) is 0 Å². The number of benzene rings is 1. The third-order valence-electron chi connectivity index (χ3n) is 3.36.